The fraction of sp³-hybridized carbons (Fsp3) is 0.810. The van der Waals surface area contributed by atoms with Gasteiger partial charge in [-0.2, -0.15) is 0 Å². The van der Waals surface area contributed by atoms with Crippen molar-refractivity contribution in [2.45, 2.75) is 65.2 Å². The molecule has 0 radical (unpaired) electrons. The molecule has 0 bridgehead atoms. The highest BCUT2D eigenvalue weighted by molar-refractivity contribution is 5.17. The lowest BCUT2D eigenvalue weighted by molar-refractivity contribution is -0.0738. The maximum Gasteiger partial charge on any atom is 0.0256 e. The van der Waals surface area contributed by atoms with Gasteiger partial charge in [0.05, 0.1) is 0 Å². The molecule has 0 heteroatoms. The minimum Gasteiger partial charge on any atom is -0.120 e. The van der Waals surface area contributed by atoms with Crippen molar-refractivity contribution >= 4 is 0 Å². The third-order valence-corrected chi connectivity index (χ3v) is 8.32. The van der Waals surface area contributed by atoms with Crippen LogP contribution < -0.4 is 0 Å². The van der Waals surface area contributed by atoms with E-state index in [9.17, 15) is 0 Å². The van der Waals surface area contributed by atoms with Crippen LogP contribution in [0.5, 0.6) is 0 Å². The Hall–Kier alpha value is -0.700. The average Bonchev–Trinajstić information content (AvgIpc) is 2.83. The summed E-state index contributed by atoms with van der Waals surface area (Å²) in [5.74, 6) is 7.45. The fourth-order valence-electron chi connectivity index (χ4n) is 7.09. The standard InChI is InChI=1S/C21H30/c1-4-15-9-11-18-17-10-8-16-7-5-6-13-20(16,2)19(17)12-14-21(15,18)3/h1,6,13,15-19H,5,7-12,14H2,2-3H3/t15?,16?,17-,18-,19+,20-,21+/m0/s1. The van der Waals surface area contributed by atoms with Crippen LogP contribution in [0.25, 0.3) is 0 Å². The van der Waals surface area contributed by atoms with Gasteiger partial charge in [-0.05, 0) is 85.9 Å². The first kappa shape index (κ1) is 13.9. The first-order valence-electron chi connectivity index (χ1n) is 9.23. The third kappa shape index (κ3) is 1.76. The van der Waals surface area contributed by atoms with Crippen molar-refractivity contribution in [3.05, 3.63) is 12.2 Å². The van der Waals surface area contributed by atoms with E-state index in [0.29, 0.717) is 16.7 Å². The molecule has 0 aromatic heterocycles. The van der Waals surface area contributed by atoms with Crippen LogP contribution in [-0.2, 0) is 0 Å². The van der Waals surface area contributed by atoms with Crippen LogP contribution in [0.2, 0.25) is 0 Å². The molecule has 2 unspecified atom stereocenters. The van der Waals surface area contributed by atoms with E-state index >= 15 is 0 Å². The third-order valence-electron chi connectivity index (χ3n) is 8.32. The Labute approximate surface area is 130 Å². The van der Waals surface area contributed by atoms with Crippen LogP contribution in [0.15, 0.2) is 12.2 Å². The summed E-state index contributed by atoms with van der Waals surface area (Å²) < 4.78 is 0. The molecule has 0 aliphatic heterocycles. The van der Waals surface area contributed by atoms with Gasteiger partial charge in [-0.1, -0.05) is 26.0 Å². The van der Waals surface area contributed by atoms with Crippen molar-refractivity contribution in [2.75, 3.05) is 0 Å². The van der Waals surface area contributed by atoms with E-state index in [0.717, 1.165) is 23.7 Å². The Balaban J connectivity index is 1.67. The molecular formula is C21H30. The van der Waals surface area contributed by atoms with Gasteiger partial charge in [0.25, 0.3) is 0 Å². The summed E-state index contributed by atoms with van der Waals surface area (Å²) in [6, 6.07) is 0. The molecule has 0 amide bonds. The van der Waals surface area contributed by atoms with Crippen molar-refractivity contribution < 1.29 is 0 Å². The smallest absolute Gasteiger partial charge is 0.0256 e. The molecule has 4 rings (SSSR count). The lowest BCUT2D eigenvalue weighted by Gasteiger charge is -2.59. The molecule has 4 aliphatic rings. The van der Waals surface area contributed by atoms with Gasteiger partial charge in [0, 0.05) is 5.92 Å². The van der Waals surface area contributed by atoms with Crippen LogP contribution in [-0.4, -0.2) is 0 Å². The number of allylic oxidation sites excluding steroid dienone is 2. The van der Waals surface area contributed by atoms with Gasteiger partial charge in [-0.15, -0.1) is 12.3 Å². The average molecular weight is 282 g/mol. The molecule has 3 fully saturated rings. The van der Waals surface area contributed by atoms with Crippen molar-refractivity contribution in [1.29, 1.82) is 0 Å². The zero-order valence-electron chi connectivity index (χ0n) is 13.8. The lowest BCUT2D eigenvalue weighted by Crippen LogP contribution is -2.51. The van der Waals surface area contributed by atoms with Gasteiger partial charge in [0.15, 0.2) is 0 Å². The predicted octanol–water partition coefficient (Wildman–Crippen LogP) is 5.44. The van der Waals surface area contributed by atoms with E-state index in [1.165, 1.54) is 51.4 Å². The molecule has 0 saturated heterocycles. The molecule has 21 heavy (non-hydrogen) atoms. The van der Waals surface area contributed by atoms with Gasteiger partial charge in [0.2, 0.25) is 0 Å². The van der Waals surface area contributed by atoms with E-state index in [1.54, 1.807) is 0 Å². The van der Waals surface area contributed by atoms with E-state index in [1.807, 2.05) is 0 Å². The number of terminal acetylenes is 1. The highest BCUT2D eigenvalue weighted by Gasteiger charge is 2.58. The normalized spacial score (nSPS) is 55.2. The Morgan fingerprint density at radius 2 is 1.86 bits per heavy atom. The zero-order valence-corrected chi connectivity index (χ0v) is 13.8. The number of fused-ring (bicyclic) bond motifs is 5. The molecule has 0 aromatic rings. The van der Waals surface area contributed by atoms with E-state index in [4.69, 9.17) is 6.42 Å². The van der Waals surface area contributed by atoms with Crippen LogP contribution in [0.1, 0.15) is 65.2 Å². The molecule has 0 nitrogen and oxygen atoms in total. The summed E-state index contributed by atoms with van der Waals surface area (Å²) in [5, 5.41) is 0. The molecule has 0 aromatic carbocycles. The first-order valence-corrected chi connectivity index (χ1v) is 9.23. The van der Waals surface area contributed by atoms with E-state index in [-0.39, 0.29) is 0 Å². The molecule has 114 valence electrons. The maximum atomic E-state index is 5.87. The zero-order chi connectivity index (χ0) is 14.7. The fourth-order valence-corrected chi connectivity index (χ4v) is 7.09. The van der Waals surface area contributed by atoms with Crippen molar-refractivity contribution in [3.8, 4) is 12.3 Å². The maximum absolute atomic E-state index is 5.87. The number of hydrogen-bond donors (Lipinski definition) is 0. The molecular weight excluding hydrogens is 252 g/mol. The van der Waals surface area contributed by atoms with Gasteiger partial charge < -0.3 is 0 Å². The molecule has 0 heterocycles. The minimum absolute atomic E-state index is 0.456. The second-order valence-corrected chi connectivity index (χ2v) is 8.84. The molecule has 0 spiro atoms. The summed E-state index contributed by atoms with van der Waals surface area (Å²) in [6.45, 7) is 5.11. The van der Waals surface area contributed by atoms with E-state index in [2.05, 4.69) is 31.9 Å². The second-order valence-electron chi connectivity index (χ2n) is 8.84. The Morgan fingerprint density at radius 1 is 1.00 bits per heavy atom. The quantitative estimate of drug-likeness (QED) is 0.409. The lowest BCUT2D eigenvalue weighted by atomic mass is 9.46. The summed E-state index contributed by atoms with van der Waals surface area (Å²) in [4.78, 5) is 0. The predicted molar refractivity (Wildman–Crippen MR) is 88.6 cm³/mol. The van der Waals surface area contributed by atoms with Crippen molar-refractivity contribution in [3.63, 3.8) is 0 Å². The van der Waals surface area contributed by atoms with Crippen LogP contribution in [0, 0.1) is 52.8 Å². The Kier molecular flexibility index (Phi) is 3.08. The van der Waals surface area contributed by atoms with Gasteiger partial charge in [0.1, 0.15) is 0 Å². The Morgan fingerprint density at radius 3 is 2.67 bits per heavy atom. The molecule has 3 saturated carbocycles. The Bertz CT molecular complexity index is 495. The van der Waals surface area contributed by atoms with Crippen LogP contribution in [0.3, 0.4) is 0 Å². The number of rotatable bonds is 0. The summed E-state index contributed by atoms with van der Waals surface area (Å²) >= 11 is 0. The van der Waals surface area contributed by atoms with E-state index < -0.39 is 0 Å². The highest BCUT2D eigenvalue weighted by atomic mass is 14.6. The highest BCUT2D eigenvalue weighted by Crippen LogP contribution is 2.66. The minimum atomic E-state index is 0.456. The van der Waals surface area contributed by atoms with Gasteiger partial charge in [-0.3, -0.25) is 0 Å². The topological polar surface area (TPSA) is 0 Å². The summed E-state index contributed by atoms with van der Waals surface area (Å²) in [6.07, 6.45) is 22.2. The van der Waals surface area contributed by atoms with Gasteiger partial charge >= 0.3 is 0 Å². The number of hydrogen-bond acceptors (Lipinski definition) is 0. The summed E-state index contributed by atoms with van der Waals surface area (Å²) in [5.41, 5.74) is 0.953. The van der Waals surface area contributed by atoms with Gasteiger partial charge in [-0.25, -0.2) is 0 Å². The van der Waals surface area contributed by atoms with Crippen molar-refractivity contribution in [2.24, 2.45) is 40.4 Å². The monoisotopic (exact) mass is 282 g/mol. The molecule has 7 atom stereocenters. The summed E-state index contributed by atoms with van der Waals surface area (Å²) in [7, 11) is 0. The van der Waals surface area contributed by atoms with Crippen LogP contribution >= 0.6 is 0 Å². The first-order chi connectivity index (χ1) is 10.1. The molecule has 0 N–H and O–H groups in total. The second kappa shape index (κ2) is 4.65. The van der Waals surface area contributed by atoms with Crippen LogP contribution in [0.4, 0.5) is 0 Å². The molecule has 4 aliphatic carbocycles. The SMILES string of the molecule is C#CC1CC[C@H]2[C@@H]3CCC4CCC=C[C@]4(C)[C@@H]3CC[C@]12C. The largest absolute Gasteiger partial charge is 0.120 e. The van der Waals surface area contributed by atoms with Crippen molar-refractivity contribution in [1.82, 2.24) is 0 Å².